The summed E-state index contributed by atoms with van der Waals surface area (Å²) in [5.41, 5.74) is 3.05. The zero-order chi connectivity index (χ0) is 17.4. The van der Waals surface area contributed by atoms with Crippen molar-refractivity contribution in [2.75, 3.05) is 5.32 Å². The smallest absolute Gasteiger partial charge is 0.272 e. The molecule has 7 heteroatoms. The van der Waals surface area contributed by atoms with Crippen LogP contribution in [0.15, 0.2) is 54.2 Å². The second kappa shape index (κ2) is 6.18. The Morgan fingerprint density at radius 1 is 1.32 bits per heavy atom. The molecule has 1 aromatic carbocycles. The Balaban J connectivity index is 1.49. The van der Waals surface area contributed by atoms with E-state index in [1.807, 2.05) is 35.2 Å². The third kappa shape index (κ3) is 3.06. The van der Waals surface area contributed by atoms with Gasteiger partial charge in [-0.1, -0.05) is 12.1 Å². The van der Waals surface area contributed by atoms with E-state index < -0.39 is 0 Å². The first-order chi connectivity index (χ1) is 12.1. The van der Waals surface area contributed by atoms with Crippen LogP contribution in [0.2, 0.25) is 0 Å². The highest BCUT2D eigenvalue weighted by Crippen LogP contribution is 2.24. The number of carbonyl (C=O) groups excluding carboxylic acids is 1. The molecule has 0 bridgehead atoms. The first kappa shape index (κ1) is 15.6. The zero-order valence-electron chi connectivity index (χ0n) is 13.4. The predicted molar refractivity (Wildman–Crippen MR) is 96.5 cm³/mol. The number of halogens is 1. The van der Waals surface area contributed by atoms with Crippen LogP contribution in [0.1, 0.15) is 16.1 Å². The number of aromatic nitrogens is 3. The van der Waals surface area contributed by atoms with Crippen molar-refractivity contribution < 1.29 is 9.18 Å². The topological polar surface area (TPSA) is 51.9 Å². The average molecular weight is 354 g/mol. The van der Waals surface area contributed by atoms with E-state index in [1.165, 1.54) is 12.1 Å². The van der Waals surface area contributed by atoms with Crippen molar-refractivity contribution in [3.63, 3.8) is 0 Å². The van der Waals surface area contributed by atoms with Crippen LogP contribution >= 0.6 is 11.3 Å². The maximum atomic E-state index is 13.2. The summed E-state index contributed by atoms with van der Waals surface area (Å²) >= 11 is 1.60. The Morgan fingerprint density at radius 3 is 3.00 bits per heavy atom. The van der Waals surface area contributed by atoms with Gasteiger partial charge in [-0.05, 0) is 35.2 Å². The number of thiophene rings is 1. The van der Waals surface area contributed by atoms with Crippen LogP contribution in [-0.2, 0) is 13.6 Å². The van der Waals surface area contributed by atoms with Gasteiger partial charge in [-0.15, -0.1) is 11.3 Å². The molecule has 126 valence electrons. The van der Waals surface area contributed by atoms with Crippen LogP contribution in [0.5, 0.6) is 0 Å². The van der Waals surface area contributed by atoms with Crippen molar-refractivity contribution in [1.29, 1.82) is 0 Å². The number of hydrogen-bond donors (Lipinski definition) is 1. The molecular weight excluding hydrogens is 339 g/mol. The van der Waals surface area contributed by atoms with Crippen LogP contribution in [0.3, 0.4) is 0 Å². The minimum atomic E-state index is -0.276. The molecule has 0 spiro atoms. The molecule has 4 rings (SSSR count). The number of carbonyl (C=O) groups is 1. The fourth-order valence-corrected chi connectivity index (χ4v) is 3.65. The van der Waals surface area contributed by atoms with E-state index in [0.717, 1.165) is 15.8 Å². The molecule has 1 amide bonds. The number of rotatable bonds is 4. The number of nitrogens with zero attached hydrogens (tertiary/aromatic N) is 3. The summed E-state index contributed by atoms with van der Waals surface area (Å²) < 4.78 is 17.9. The van der Waals surface area contributed by atoms with Crippen molar-refractivity contribution in [3.05, 3.63) is 71.2 Å². The SMILES string of the molecule is Cn1c(C(=O)Nc2cnn(Cc3cccc(F)c3)c2)cc2sccc21. The van der Waals surface area contributed by atoms with Gasteiger partial charge in [0.2, 0.25) is 0 Å². The highest BCUT2D eigenvalue weighted by molar-refractivity contribution is 7.17. The molecular formula is C18H15FN4OS. The molecule has 0 unspecified atom stereocenters. The lowest BCUT2D eigenvalue weighted by Crippen LogP contribution is -2.15. The van der Waals surface area contributed by atoms with Crippen LogP contribution in [0.4, 0.5) is 10.1 Å². The van der Waals surface area contributed by atoms with Crippen molar-refractivity contribution in [2.24, 2.45) is 7.05 Å². The normalized spacial score (nSPS) is 11.1. The van der Waals surface area contributed by atoms with Crippen LogP contribution in [0, 0.1) is 5.82 Å². The van der Waals surface area contributed by atoms with Gasteiger partial charge in [0.25, 0.3) is 5.91 Å². The monoisotopic (exact) mass is 354 g/mol. The number of amides is 1. The second-order valence-corrected chi connectivity index (χ2v) is 6.72. The van der Waals surface area contributed by atoms with E-state index in [1.54, 1.807) is 34.5 Å². The lowest BCUT2D eigenvalue weighted by atomic mass is 10.2. The third-order valence-electron chi connectivity index (χ3n) is 4.02. The van der Waals surface area contributed by atoms with E-state index >= 15 is 0 Å². The molecule has 0 fully saturated rings. The quantitative estimate of drug-likeness (QED) is 0.605. The molecule has 4 aromatic rings. The maximum absolute atomic E-state index is 13.2. The summed E-state index contributed by atoms with van der Waals surface area (Å²) in [4.78, 5) is 12.5. The second-order valence-electron chi connectivity index (χ2n) is 5.77. The lowest BCUT2D eigenvalue weighted by Gasteiger charge is -2.04. The number of benzene rings is 1. The van der Waals surface area contributed by atoms with Crippen LogP contribution < -0.4 is 5.32 Å². The van der Waals surface area contributed by atoms with Gasteiger partial charge in [0.1, 0.15) is 11.5 Å². The van der Waals surface area contributed by atoms with E-state index in [0.29, 0.717) is 17.9 Å². The summed E-state index contributed by atoms with van der Waals surface area (Å²) in [6.45, 7) is 0.438. The summed E-state index contributed by atoms with van der Waals surface area (Å²) in [6.07, 6.45) is 3.32. The Labute approximate surface area is 147 Å². The Bertz CT molecular complexity index is 1060. The molecule has 1 N–H and O–H groups in total. The van der Waals surface area contributed by atoms with E-state index in [-0.39, 0.29) is 11.7 Å². The molecule has 0 saturated heterocycles. The Morgan fingerprint density at radius 2 is 2.20 bits per heavy atom. The van der Waals surface area contributed by atoms with Crippen molar-refractivity contribution in [1.82, 2.24) is 14.3 Å². The molecule has 0 aliphatic heterocycles. The molecule has 0 radical (unpaired) electrons. The minimum absolute atomic E-state index is 0.184. The highest BCUT2D eigenvalue weighted by Gasteiger charge is 2.15. The van der Waals surface area contributed by atoms with Crippen molar-refractivity contribution >= 4 is 33.1 Å². The number of fused-ring (bicyclic) bond motifs is 1. The van der Waals surface area contributed by atoms with Crippen molar-refractivity contribution in [3.8, 4) is 0 Å². The number of nitrogens with one attached hydrogen (secondary N) is 1. The van der Waals surface area contributed by atoms with Crippen LogP contribution in [0.25, 0.3) is 10.2 Å². The molecule has 5 nitrogen and oxygen atoms in total. The predicted octanol–water partition coefficient (Wildman–Crippen LogP) is 3.88. The van der Waals surface area contributed by atoms with E-state index in [4.69, 9.17) is 0 Å². The van der Waals surface area contributed by atoms with E-state index in [9.17, 15) is 9.18 Å². The van der Waals surface area contributed by atoms with Gasteiger partial charge < -0.3 is 9.88 Å². The van der Waals surface area contributed by atoms with Gasteiger partial charge in [-0.2, -0.15) is 5.10 Å². The molecule has 3 heterocycles. The Hall–Kier alpha value is -2.93. The summed E-state index contributed by atoms with van der Waals surface area (Å²) in [5.74, 6) is -0.460. The third-order valence-corrected chi connectivity index (χ3v) is 4.87. The van der Waals surface area contributed by atoms with Gasteiger partial charge in [0, 0.05) is 13.2 Å². The van der Waals surface area contributed by atoms with Gasteiger partial charge in [-0.3, -0.25) is 9.48 Å². The molecule has 0 saturated carbocycles. The molecule has 0 atom stereocenters. The van der Waals surface area contributed by atoms with Gasteiger partial charge in [-0.25, -0.2) is 4.39 Å². The minimum Gasteiger partial charge on any atom is -0.339 e. The molecule has 0 aliphatic rings. The van der Waals surface area contributed by atoms with Gasteiger partial charge in [0.15, 0.2) is 0 Å². The fourth-order valence-electron chi connectivity index (χ4n) is 2.80. The Kier molecular flexibility index (Phi) is 3.85. The number of anilines is 1. The van der Waals surface area contributed by atoms with Crippen LogP contribution in [-0.4, -0.2) is 20.3 Å². The summed E-state index contributed by atoms with van der Waals surface area (Å²) in [5, 5.41) is 9.08. The number of aryl methyl sites for hydroxylation is 1. The first-order valence-corrected chi connectivity index (χ1v) is 8.59. The van der Waals surface area contributed by atoms with Crippen molar-refractivity contribution in [2.45, 2.75) is 6.54 Å². The van der Waals surface area contributed by atoms with Gasteiger partial charge in [0.05, 0.1) is 28.6 Å². The molecule has 3 aromatic heterocycles. The summed E-state index contributed by atoms with van der Waals surface area (Å²) in [7, 11) is 1.87. The molecule has 25 heavy (non-hydrogen) atoms. The average Bonchev–Trinajstić information content (AvgIpc) is 3.26. The van der Waals surface area contributed by atoms with Gasteiger partial charge >= 0.3 is 0 Å². The molecule has 0 aliphatic carbocycles. The largest absolute Gasteiger partial charge is 0.339 e. The highest BCUT2D eigenvalue weighted by atomic mass is 32.1. The number of hydrogen-bond acceptors (Lipinski definition) is 3. The summed E-state index contributed by atoms with van der Waals surface area (Å²) in [6, 6.07) is 10.2. The maximum Gasteiger partial charge on any atom is 0.272 e. The lowest BCUT2D eigenvalue weighted by molar-refractivity contribution is 0.101. The standard InChI is InChI=1S/C18H15FN4OS/c1-22-15-5-6-25-17(15)8-16(22)18(24)21-14-9-20-23(11-14)10-12-3-2-4-13(19)7-12/h2-9,11H,10H2,1H3,(H,21,24). The fraction of sp³-hybridized carbons (Fsp3) is 0.111. The zero-order valence-corrected chi connectivity index (χ0v) is 14.3. The van der Waals surface area contributed by atoms with E-state index in [2.05, 4.69) is 10.4 Å². The first-order valence-electron chi connectivity index (χ1n) is 7.71.